The van der Waals surface area contributed by atoms with Crippen molar-refractivity contribution >= 4 is 10.0 Å². The van der Waals surface area contributed by atoms with E-state index in [0.29, 0.717) is 11.4 Å². The van der Waals surface area contributed by atoms with Gasteiger partial charge in [0, 0.05) is 6.54 Å². The summed E-state index contributed by atoms with van der Waals surface area (Å²) in [7, 11) is -3.25. The first kappa shape index (κ1) is 12.6. The third-order valence-corrected chi connectivity index (χ3v) is 4.40. The van der Waals surface area contributed by atoms with E-state index in [1.807, 2.05) is 12.1 Å². The number of sulfonamides is 1. The lowest BCUT2D eigenvalue weighted by atomic mass is 9.87. The molecule has 0 bridgehead atoms. The molecule has 0 radical (unpaired) electrons. The minimum Gasteiger partial charge on any atom is -0.211 e. The van der Waals surface area contributed by atoms with Gasteiger partial charge in [-0.25, -0.2) is 13.1 Å². The van der Waals surface area contributed by atoms with Gasteiger partial charge < -0.3 is 0 Å². The lowest BCUT2D eigenvalue weighted by Gasteiger charge is -2.21. The van der Waals surface area contributed by atoms with E-state index in [1.54, 1.807) is 6.07 Å². The quantitative estimate of drug-likeness (QED) is 0.833. The van der Waals surface area contributed by atoms with Gasteiger partial charge in [0.05, 0.1) is 4.90 Å². The Hall–Kier alpha value is -0.870. The minimum atomic E-state index is -3.25. The van der Waals surface area contributed by atoms with Crippen molar-refractivity contribution in [2.24, 2.45) is 5.41 Å². The first-order valence-corrected chi connectivity index (χ1v) is 7.38. The van der Waals surface area contributed by atoms with Crippen LogP contribution < -0.4 is 4.72 Å². The fraction of sp³-hybridized carbons (Fsp3) is 0.538. The molecular weight excluding hydrogens is 234 g/mol. The van der Waals surface area contributed by atoms with Crippen LogP contribution in [0.5, 0.6) is 0 Å². The summed E-state index contributed by atoms with van der Waals surface area (Å²) < 4.78 is 26.1. The third-order valence-electron chi connectivity index (χ3n) is 2.84. The van der Waals surface area contributed by atoms with E-state index < -0.39 is 10.0 Å². The summed E-state index contributed by atoms with van der Waals surface area (Å²) in [6.45, 7) is 7.06. The van der Waals surface area contributed by atoms with E-state index in [2.05, 4.69) is 25.5 Å². The molecule has 0 unspecified atom stereocenters. The Morgan fingerprint density at radius 1 is 1.29 bits per heavy atom. The standard InChI is InChI=1S/C13H19NO2S/c1-13(2,3)9-10-4-5-12-11(8-10)6-7-14-17(12,15)16/h4-5,8,14H,6-7,9H2,1-3H3. The average molecular weight is 253 g/mol. The van der Waals surface area contributed by atoms with Crippen molar-refractivity contribution < 1.29 is 8.42 Å². The predicted molar refractivity (Wildman–Crippen MR) is 68.5 cm³/mol. The van der Waals surface area contributed by atoms with Crippen LogP contribution in [0.15, 0.2) is 23.1 Å². The highest BCUT2D eigenvalue weighted by molar-refractivity contribution is 7.89. The van der Waals surface area contributed by atoms with Crippen molar-refractivity contribution in [1.29, 1.82) is 0 Å². The Labute approximate surface area is 103 Å². The van der Waals surface area contributed by atoms with Gasteiger partial charge in [-0.2, -0.15) is 0 Å². The maximum Gasteiger partial charge on any atom is 0.240 e. The number of benzene rings is 1. The maximum atomic E-state index is 11.8. The van der Waals surface area contributed by atoms with E-state index in [1.165, 1.54) is 5.56 Å². The first-order valence-electron chi connectivity index (χ1n) is 5.89. The monoisotopic (exact) mass is 253 g/mol. The maximum absolute atomic E-state index is 11.8. The zero-order valence-electron chi connectivity index (χ0n) is 10.6. The minimum absolute atomic E-state index is 0.222. The van der Waals surface area contributed by atoms with Crippen LogP contribution in [-0.2, 0) is 22.9 Å². The largest absolute Gasteiger partial charge is 0.240 e. The Kier molecular flexibility index (Phi) is 3.04. The number of rotatable bonds is 1. The molecule has 0 fully saturated rings. The van der Waals surface area contributed by atoms with Gasteiger partial charge in [-0.05, 0) is 35.4 Å². The Bertz CT molecular complexity index is 527. The summed E-state index contributed by atoms with van der Waals surface area (Å²) in [6, 6.07) is 5.70. The second-order valence-electron chi connectivity index (χ2n) is 5.83. The molecule has 17 heavy (non-hydrogen) atoms. The zero-order valence-corrected chi connectivity index (χ0v) is 11.4. The molecule has 1 heterocycles. The van der Waals surface area contributed by atoms with E-state index >= 15 is 0 Å². The summed E-state index contributed by atoms with van der Waals surface area (Å²) in [6.07, 6.45) is 1.75. The van der Waals surface area contributed by atoms with Crippen LogP contribution in [0.2, 0.25) is 0 Å². The molecule has 3 nitrogen and oxygen atoms in total. The molecule has 0 saturated heterocycles. The molecular formula is C13H19NO2S. The second-order valence-corrected chi connectivity index (χ2v) is 7.56. The molecule has 1 aliphatic heterocycles. The molecule has 0 saturated carbocycles. The molecule has 0 aliphatic carbocycles. The van der Waals surface area contributed by atoms with Crippen LogP contribution in [0.4, 0.5) is 0 Å². The highest BCUT2D eigenvalue weighted by atomic mass is 32.2. The topological polar surface area (TPSA) is 46.2 Å². The fourth-order valence-electron chi connectivity index (χ4n) is 2.21. The lowest BCUT2D eigenvalue weighted by Crippen LogP contribution is -2.31. The molecule has 0 aromatic heterocycles. The van der Waals surface area contributed by atoms with Gasteiger partial charge in [-0.3, -0.25) is 0 Å². The molecule has 2 rings (SSSR count). The van der Waals surface area contributed by atoms with Crippen LogP contribution in [0.1, 0.15) is 31.9 Å². The second kappa shape index (κ2) is 4.10. The van der Waals surface area contributed by atoms with Gasteiger partial charge >= 0.3 is 0 Å². The molecule has 4 heteroatoms. The van der Waals surface area contributed by atoms with Crippen molar-refractivity contribution in [2.45, 2.75) is 38.5 Å². The van der Waals surface area contributed by atoms with Crippen molar-refractivity contribution in [3.05, 3.63) is 29.3 Å². The van der Waals surface area contributed by atoms with Crippen LogP contribution in [-0.4, -0.2) is 15.0 Å². The Balaban J connectivity index is 2.39. The van der Waals surface area contributed by atoms with Crippen LogP contribution in [0.25, 0.3) is 0 Å². The Morgan fingerprint density at radius 2 is 2.00 bits per heavy atom. The fourth-order valence-corrected chi connectivity index (χ4v) is 3.49. The summed E-state index contributed by atoms with van der Waals surface area (Å²) in [5.74, 6) is 0. The summed E-state index contributed by atoms with van der Waals surface area (Å²) in [5, 5.41) is 0. The number of hydrogen-bond donors (Lipinski definition) is 1. The van der Waals surface area contributed by atoms with Crippen molar-refractivity contribution in [3.8, 4) is 0 Å². The summed E-state index contributed by atoms with van der Waals surface area (Å²) in [4.78, 5) is 0.446. The summed E-state index contributed by atoms with van der Waals surface area (Å²) in [5.41, 5.74) is 2.39. The zero-order chi connectivity index (χ0) is 12.7. The average Bonchev–Trinajstić information content (AvgIpc) is 2.13. The highest BCUT2D eigenvalue weighted by Crippen LogP contribution is 2.25. The van der Waals surface area contributed by atoms with E-state index in [-0.39, 0.29) is 5.41 Å². The smallest absolute Gasteiger partial charge is 0.211 e. The third kappa shape index (κ3) is 2.87. The van der Waals surface area contributed by atoms with Gasteiger partial charge in [0.2, 0.25) is 10.0 Å². The molecule has 0 atom stereocenters. The van der Waals surface area contributed by atoms with E-state index in [4.69, 9.17) is 0 Å². The molecule has 1 aromatic carbocycles. The highest BCUT2D eigenvalue weighted by Gasteiger charge is 2.23. The molecule has 94 valence electrons. The van der Waals surface area contributed by atoms with E-state index in [0.717, 1.165) is 18.4 Å². The van der Waals surface area contributed by atoms with Crippen LogP contribution in [0.3, 0.4) is 0 Å². The predicted octanol–water partition coefficient (Wildman–Crippen LogP) is 2.11. The van der Waals surface area contributed by atoms with Gasteiger partial charge in [-0.1, -0.05) is 32.9 Å². The van der Waals surface area contributed by atoms with Crippen molar-refractivity contribution in [3.63, 3.8) is 0 Å². The molecule has 1 aromatic rings. The van der Waals surface area contributed by atoms with Gasteiger partial charge in [-0.15, -0.1) is 0 Å². The van der Waals surface area contributed by atoms with E-state index in [9.17, 15) is 8.42 Å². The molecule has 0 spiro atoms. The summed E-state index contributed by atoms with van der Waals surface area (Å²) >= 11 is 0. The van der Waals surface area contributed by atoms with Gasteiger partial charge in [0.25, 0.3) is 0 Å². The number of hydrogen-bond acceptors (Lipinski definition) is 2. The first-order chi connectivity index (χ1) is 7.78. The Morgan fingerprint density at radius 3 is 2.65 bits per heavy atom. The van der Waals surface area contributed by atoms with Gasteiger partial charge in [0.15, 0.2) is 0 Å². The van der Waals surface area contributed by atoms with Crippen LogP contribution in [0, 0.1) is 5.41 Å². The van der Waals surface area contributed by atoms with Crippen molar-refractivity contribution in [2.75, 3.05) is 6.54 Å². The van der Waals surface area contributed by atoms with Crippen LogP contribution >= 0.6 is 0 Å². The van der Waals surface area contributed by atoms with Gasteiger partial charge in [0.1, 0.15) is 0 Å². The molecule has 0 amide bonds. The molecule has 1 aliphatic rings. The SMILES string of the molecule is CC(C)(C)Cc1ccc2c(c1)CCNS2(=O)=O. The lowest BCUT2D eigenvalue weighted by molar-refractivity contribution is 0.411. The number of nitrogens with one attached hydrogen (secondary N) is 1. The number of fused-ring (bicyclic) bond motifs is 1. The molecule has 1 N–H and O–H groups in total. The normalized spacial score (nSPS) is 18.8. The van der Waals surface area contributed by atoms with Crippen molar-refractivity contribution in [1.82, 2.24) is 4.72 Å².